The van der Waals surface area contributed by atoms with Gasteiger partial charge in [0.1, 0.15) is 0 Å². The number of phenols is 1. The highest BCUT2D eigenvalue weighted by molar-refractivity contribution is 5.48. The first-order chi connectivity index (χ1) is 8.47. The molecule has 0 aliphatic rings. The topological polar surface area (TPSA) is 50.1 Å². The molecule has 1 atom stereocenters. The lowest BCUT2D eigenvalue weighted by Gasteiger charge is -2.14. The minimum Gasteiger partial charge on any atom is -0.505 e. The van der Waals surface area contributed by atoms with E-state index < -0.39 is 5.82 Å². The van der Waals surface area contributed by atoms with E-state index in [0.29, 0.717) is 5.69 Å². The second-order valence-corrected chi connectivity index (χ2v) is 4.38. The fourth-order valence-corrected chi connectivity index (χ4v) is 1.97. The number of hydrogen-bond donors (Lipinski definition) is 2. The van der Waals surface area contributed by atoms with Gasteiger partial charge in [0.05, 0.1) is 11.7 Å². The Kier molecular flexibility index (Phi) is 3.23. The second-order valence-electron chi connectivity index (χ2n) is 4.38. The molecule has 18 heavy (non-hydrogen) atoms. The largest absolute Gasteiger partial charge is 0.505 e. The van der Waals surface area contributed by atoms with Crippen LogP contribution in [0, 0.1) is 12.7 Å². The van der Waals surface area contributed by atoms with Crippen molar-refractivity contribution in [1.82, 2.24) is 9.78 Å². The number of halogens is 1. The average Bonchev–Trinajstić information content (AvgIpc) is 2.63. The summed E-state index contributed by atoms with van der Waals surface area (Å²) in [5.41, 5.74) is 2.63. The van der Waals surface area contributed by atoms with Gasteiger partial charge < -0.3 is 10.4 Å². The molecule has 2 N–H and O–H groups in total. The van der Waals surface area contributed by atoms with Crippen molar-refractivity contribution in [2.45, 2.75) is 19.9 Å². The highest BCUT2D eigenvalue weighted by Crippen LogP contribution is 2.24. The standard InChI is InChI=1S/C13H16FN3O/c1-8(11-7-17(3)16-9(11)2)15-10-4-5-13(18)12(14)6-10/h4-8,15,18H,1-3H3. The van der Waals surface area contributed by atoms with Gasteiger partial charge in [-0.1, -0.05) is 0 Å². The number of rotatable bonds is 3. The third-order valence-corrected chi connectivity index (χ3v) is 2.85. The van der Waals surface area contributed by atoms with Gasteiger partial charge >= 0.3 is 0 Å². The van der Waals surface area contributed by atoms with E-state index in [1.807, 2.05) is 27.1 Å². The molecule has 0 fully saturated rings. The molecule has 1 aromatic carbocycles. The normalized spacial score (nSPS) is 12.4. The first kappa shape index (κ1) is 12.4. The van der Waals surface area contributed by atoms with E-state index in [4.69, 9.17) is 5.11 Å². The van der Waals surface area contributed by atoms with E-state index in [0.717, 1.165) is 11.3 Å². The Morgan fingerprint density at radius 1 is 1.44 bits per heavy atom. The summed E-state index contributed by atoms with van der Waals surface area (Å²) < 4.78 is 15.0. The first-order valence-electron chi connectivity index (χ1n) is 5.72. The van der Waals surface area contributed by atoms with Crippen molar-refractivity contribution in [2.24, 2.45) is 7.05 Å². The first-order valence-corrected chi connectivity index (χ1v) is 5.72. The molecule has 4 nitrogen and oxygen atoms in total. The minimum atomic E-state index is -0.630. The van der Waals surface area contributed by atoms with Crippen molar-refractivity contribution in [3.63, 3.8) is 0 Å². The lowest BCUT2D eigenvalue weighted by molar-refractivity contribution is 0.432. The average molecular weight is 249 g/mol. The van der Waals surface area contributed by atoms with E-state index >= 15 is 0 Å². The molecule has 0 radical (unpaired) electrons. The fraction of sp³-hybridized carbons (Fsp3) is 0.308. The number of nitrogens with one attached hydrogen (secondary N) is 1. The molecule has 1 unspecified atom stereocenters. The third-order valence-electron chi connectivity index (χ3n) is 2.85. The lowest BCUT2D eigenvalue weighted by Crippen LogP contribution is -2.07. The van der Waals surface area contributed by atoms with E-state index in [1.54, 1.807) is 10.7 Å². The molecular formula is C13H16FN3O. The van der Waals surface area contributed by atoms with Gasteiger partial charge in [-0.15, -0.1) is 0 Å². The summed E-state index contributed by atoms with van der Waals surface area (Å²) in [5.74, 6) is -0.971. The van der Waals surface area contributed by atoms with Crippen LogP contribution in [0.5, 0.6) is 5.75 Å². The number of aromatic hydroxyl groups is 1. The number of aryl methyl sites for hydroxylation is 2. The van der Waals surface area contributed by atoms with Crippen LogP contribution < -0.4 is 5.32 Å². The zero-order valence-electron chi connectivity index (χ0n) is 10.6. The summed E-state index contributed by atoms with van der Waals surface area (Å²) >= 11 is 0. The molecule has 0 aliphatic carbocycles. The van der Waals surface area contributed by atoms with Crippen LogP contribution in [0.1, 0.15) is 24.2 Å². The maximum absolute atomic E-state index is 13.2. The Bertz CT molecular complexity index is 565. The molecule has 5 heteroatoms. The lowest BCUT2D eigenvalue weighted by atomic mass is 10.1. The van der Waals surface area contributed by atoms with Crippen molar-refractivity contribution < 1.29 is 9.50 Å². The Morgan fingerprint density at radius 2 is 2.17 bits per heavy atom. The van der Waals surface area contributed by atoms with Crippen LogP contribution in [0.25, 0.3) is 0 Å². The number of benzene rings is 1. The molecule has 0 bridgehead atoms. The highest BCUT2D eigenvalue weighted by Gasteiger charge is 2.12. The van der Waals surface area contributed by atoms with Crippen molar-refractivity contribution in [2.75, 3.05) is 5.32 Å². The van der Waals surface area contributed by atoms with Gasteiger partial charge in [-0.2, -0.15) is 5.10 Å². The zero-order valence-corrected chi connectivity index (χ0v) is 10.6. The van der Waals surface area contributed by atoms with Gasteiger partial charge in [-0.3, -0.25) is 4.68 Å². The van der Waals surface area contributed by atoms with Crippen LogP contribution in [0.4, 0.5) is 10.1 Å². The summed E-state index contributed by atoms with van der Waals surface area (Å²) in [6.07, 6.45) is 1.93. The van der Waals surface area contributed by atoms with Crippen molar-refractivity contribution >= 4 is 5.69 Å². The number of anilines is 1. The van der Waals surface area contributed by atoms with E-state index in [-0.39, 0.29) is 11.8 Å². The number of nitrogens with zero attached hydrogens (tertiary/aromatic N) is 2. The summed E-state index contributed by atoms with van der Waals surface area (Å²) in [5, 5.41) is 16.6. The minimum absolute atomic E-state index is 0.0163. The monoisotopic (exact) mass is 249 g/mol. The van der Waals surface area contributed by atoms with Crippen molar-refractivity contribution in [3.05, 3.63) is 41.5 Å². The van der Waals surface area contributed by atoms with Gasteiger partial charge in [0.15, 0.2) is 11.6 Å². The molecule has 2 aromatic rings. The molecule has 0 saturated carbocycles. The fourth-order valence-electron chi connectivity index (χ4n) is 1.97. The Labute approximate surface area is 105 Å². The van der Waals surface area contributed by atoms with Gasteiger partial charge in [0.25, 0.3) is 0 Å². The van der Waals surface area contributed by atoms with Crippen LogP contribution >= 0.6 is 0 Å². The number of aromatic nitrogens is 2. The Balaban J connectivity index is 2.18. The van der Waals surface area contributed by atoms with Gasteiger partial charge in [0, 0.05) is 30.6 Å². The third kappa shape index (κ3) is 2.45. The van der Waals surface area contributed by atoms with E-state index in [2.05, 4.69) is 10.4 Å². The predicted octanol–water partition coefficient (Wildman–Crippen LogP) is 2.75. The molecule has 0 saturated heterocycles. The summed E-state index contributed by atoms with van der Waals surface area (Å²) in [6, 6.07) is 4.26. The van der Waals surface area contributed by atoms with Crippen LogP contribution in [-0.2, 0) is 7.05 Å². The second kappa shape index (κ2) is 4.68. The number of phenolic OH excluding ortho intramolecular Hbond substituents is 1. The van der Waals surface area contributed by atoms with E-state index in [9.17, 15) is 4.39 Å². The molecule has 0 amide bonds. The Hall–Kier alpha value is -2.04. The number of hydrogen-bond acceptors (Lipinski definition) is 3. The smallest absolute Gasteiger partial charge is 0.166 e. The van der Waals surface area contributed by atoms with Crippen LogP contribution in [0.2, 0.25) is 0 Å². The Morgan fingerprint density at radius 3 is 2.72 bits per heavy atom. The molecule has 2 rings (SSSR count). The highest BCUT2D eigenvalue weighted by atomic mass is 19.1. The SMILES string of the molecule is Cc1nn(C)cc1C(C)Nc1ccc(O)c(F)c1. The quantitative estimate of drug-likeness (QED) is 0.822. The summed E-state index contributed by atoms with van der Waals surface area (Å²) in [4.78, 5) is 0. The van der Waals surface area contributed by atoms with Crippen molar-refractivity contribution in [3.8, 4) is 5.75 Å². The maximum atomic E-state index is 13.2. The van der Waals surface area contributed by atoms with E-state index in [1.165, 1.54) is 12.1 Å². The maximum Gasteiger partial charge on any atom is 0.166 e. The molecule has 1 aromatic heterocycles. The van der Waals surface area contributed by atoms with Crippen molar-refractivity contribution in [1.29, 1.82) is 0 Å². The van der Waals surface area contributed by atoms with Gasteiger partial charge in [-0.05, 0) is 26.0 Å². The predicted molar refractivity (Wildman–Crippen MR) is 68.0 cm³/mol. The molecular weight excluding hydrogens is 233 g/mol. The zero-order chi connectivity index (χ0) is 13.3. The van der Waals surface area contributed by atoms with Crippen LogP contribution in [0.3, 0.4) is 0 Å². The summed E-state index contributed by atoms with van der Waals surface area (Å²) in [6.45, 7) is 3.92. The summed E-state index contributed by atoms with van der Waals surface area (Å²) in [7, 11) is 1.86. The van der Waals surface area contributed by atoms with Gasteiger partial charge in [-0.25, -0.2) is 4.39 Å². The molecule has 0 spiro atoms. The van der Waals surface area contributed by atoms with Crippen LogP contribution in [0.15, 0.2) is 24.4 Å². The van der Waals surface area contributed by atoms with Crippen LogP contribution in [-0.4, -0.2) is 14.9 Å². The molecule has 1 heterocycles. The molecule has 96 valence electrons. The molecule has 0 aliphatic heterocycles. The van der Waals surface area contributed by atoms with Gasteiger partial charge in [0.2, 0.25) is 0 Å².